The Morgan fingerprint density at radius 2 is 0.469 bits per heavy atom. The summed E-state index contributed by atoms with van der Waals surface area (Å²) in [6.07, 6.45) is 59.5. The van der Waals surface area contributed by atoms with Gasteiger partial charge in [-0.1, -0.05) is 363 Å². The van der Waals surface area contributed by atoms with Crippen molar-refractivity contribution in [1.82, 2.24) is 0 Å². The van der Waals surface area contributed by atoms with Crippen molar-refractivity contribution in [2.75, 3.05) is 39.6 Å². The minimum absolute atomic E-state index is 0.108. The van der Waals surface area contributed by atoms with E-state index in [-0.39, 0.29) is 25.7 Å². The lowest BCUT2D eigenvalue weighted by molar-refractivity contribution is -0.161. The van der Waals surface area contributed by atoms with Crippen molar-refractivity contribution in [2.24, 2.45) is 11.8 Å². The first-order chi connectivity index (χ1) is 47.4. The maximum Gasteiger partial charge on any atom is 0.472 e. The Morgan fingerprint density at radius 3 is 0.694 bits per heavy atom. The summed E-state index contributed by atoms with van der Waals surface area (Å²) in [4.78, 5) is 72.9. The lowest BCUT2D eigenvalue weighted by Gasteiger charge is -2.21. The third-order valence-electron chi connectivity index (χ3n) is 18.5. The molecule has 0 aromatic heterocycles. The number of phosphoric ester groups is 2. The molecule has 582 valence electrons. The minimum atomic E-state index is -4.96. The van der Waals surface area contributed by atoms with Crippen molar-refractivity contribution in [1.29, 1.82) is 0 Å². The van der Waals surface area contributed by atoms with Crippen LogP contribution in [0.1, 0.15) is 414 Å². The Morgan fingerprint density at radius 1 is 0.276 bits per heavy atom. The standard InChI is InChI=1S/C79H154O17P2/c1-7-9-11-13-15-17-19-25-33-39-45-51-57-63-78(83)95-74(67-89-76(81)61-55-49-43-37-18-16-14-12-10-8-2)69-93-97(85,86)91-65-73(80)66-92-98(87,88)94-70-75(68-90-77(82)62-56-50-44-38-32-29-24-27-31-36-42-48-54-60-72(5)6)96-79(84)64-58-52-46-40-34-28-23-21-20-22-26-30-35-41-47-53-59-71(3)4/h71-75,80H,7-70H2,1-6H3,(H,85,86)(H,87,88)/t73-,74+,75+/m0/s1. The van der Waals surface area contributed by atoms with E-state index < -0.39 is 97.5 Å². The van der Waals surface area contributed by atoms with Crippen LogP contribution in [0.4, 0.5) is 0 Å². The van der Waals surface area contributed by atoms with Crippen LogP contribution in [0.2, 0.25) is 0 Å². The molecule has 17 nitrogen and oxygen atoms in total. The van der Waals surface area contributed by atoms with E-state index in [4.69, 9.17) is 37.0 Å². The van der Waals surface area contributed by atoms with Crippen LogP contribution >= 0.6 is 15.6 Å². The molecule has 3 N–H and O–H groups in total. The van der Waals surface area contributed by atoms with E-state index in [1.807, 2.05) is 0 Å². The predicted molar refractivity (Wildman–Crippen MR) is 400 cm³/mol. The Balaban J connectivity index is 5.23. The van der Waals surface area contributed by atoms with Crippen LogP contribution in [0, 0.1) is 11.8 Å². The molecule has 0 bridgehead atoms. The van der Waals surface area contributed by atoms with Crippen molar-refractivity contribution in [3.63, 3.8) is 0 Å². The molecular formula is C79H154O17P2. The molecule has 0 fully saturated rings. The number of ether oxygens (including phenoxy) is 4. The number of hydrogen-bond acceptors (Lipinski definition) is 15. The van der Waals surface area contributed by atoms with Gasteiger partial charge in [0.05, 0.1) is 26.4 Å². The fourth-order valence-corrected chi connectivity index (χ4v) is 13.8. The van der Waals surface area contributed by atoms with E-state index in [2.05, 4.69) is 41.5 Å². The fraction of sp³-hybridized carbons (Fsp3) is 0.949. The highest BCUT2D eigenvalue weighted by Crippen LogP contribution is 2.45. The van der Waals surface area contributed by atoms with Crippen molar-refractivity contribution >= 4 is 39.5 Å². The monoisotopic (exact) mass is 1440 g/mol. The van der Waals surface area contributed by atoms with Crippen molar-refractivity contribution in [3.05, 3.63) is 0 Å². The van der Waals surface area contributed by atoms with Gasteiger partial charge < -0.3 is 33.8 Å². The third kappa shape index (κ3) is 72.4. The summed E-state index contributed by atoms with van der Waals surface area (Å²) in [6, 6.07) is 0. The van der Waals surface area contributed by atoms with Gasteiger partial charge in [0, 0.05) is 25.7 Å². The minimum Gasteiger partial charge on any atom is -0.462 e. The van der Waals surface area contributed by atoms with Crippen LogP contribution in [0.5, 0.6) is 0 Å². The van der Waals surface area contributed by atoms with Gasteiger partial charge in [-0.05, 0) is 37.5 Å². The summed E-state index contributed by atoms with van der Waals surface area (Å²) in [5.74, 6) is -0.509. The number of aliphatic hydroxyl groups is 1. The zero-order valence-electron chi connectivity index (χ0n) is 64.1. The van der Waals surface area contributed by atoms with Crippen LogP contribution < -0.4 is 0 Å². The van der Waals surface area contributed by atoms with Gasteiger partial charge in [-0.15, -0.1) is 0 Å². The molecule has 19 heteroatoms. The van der Waals surface area contributed by atoms with Crippen molar-refractivity contribution < 1.29 is 80.2 Å². The zero-order chi connectivity index (χ0) is 72.1. The summed E-state index contributed by atoms with van der Waals surface area (Å²) in [5.41, 5.74) is 0. The van der Waals surface area contributed by atoms with Crippen LogP contribution in [0.15, 0.2) is 0 Å². The van der Waals surface area contributed by atoms with Crippen molar-refractivity contribution in [3.8, 4) is 0 Å². The molecule has 0 aliphatic heterocycles. The highest BCUT2D eigenvalue weighted by Gasteiger charge is 2.30. The van der Waals surface area contributed by atoms with Gasteiger partial charge in [-0.2, -0.15) is 0 Å². The van der Waals surface area contributed by atoms with E-state index in [0.717, 1.165) is 102 Å². The fourth-order valence-electron chi connectivity index (χ4n) is 12.2. The summed E-state index contributed by atoms with van der Waals surface area (Å²) in [5, 5.41) is 10.6. The Bertz CT molecular complexity index is 1890. The van der Waals surface area contributed by atoms with Crippen LogP contribution in [-0.4, -0.2) is 96.7 Å². The molecule has 0 aliphatic carbocycles. The highest BCUT2D eigenvalue weighted by atomic mass is 31.2. The second kappa shape index (κ2) is 70.7. The molecule has 0 radical (unpaired) electrons. The quantitative estimate of drug-likeness (QED) is 0.0222. The SMILES string of the molecule is CCCCCCCCCCCCCCCC(=O)O[C@H](COC(=O)CCCCCCCCCCCC)COP(=O)(O)OC[C@H](O)COP(=O)(O)OC[C@@H](COC(=O)CCCCCCCCCCCCCCCC(C)C)OC(=O)CCCCCCCCCCCCCCCCCCC(C)C. The molecule has 0 heterocycles. The molecule has 0 aliphatic rings. The molecule has 0 rings (SSSR count). The molecule has 0 aromatic rings. The second-order valence-electron chi connectivity index (χ2n) is 29.4. The summed E-state index contributed by atoms with van der Waals surface area (Å²) in [6.45, 7) is 9.67. The summed E-state index contributed by atoms with van der Waals surface area (Å²) in [7, 11) is -9.91. The van der Waals surface area contributed by atoms with Crippen LogP contribution in [-0.2, 0) is 65.4 Å². The molecule has 0 saturated heterocycles. The van der Waals surface area contributed by atoms with E-state index in [0.29, 0.717) is 25.7 Å². The summed E-state index contributed by atoms with van der Waals surface area (Å²) < 4.78 is 68.6. The van der Waals surface area contributed by atoms with Gasteiger partial charge in [0.2, 0.25) is 0 Å². The summed E-state index contributed by atoms with van der Waals surface area (Å²) >= 11 is 0. The maximum atomic E-state index is 13.1. The number of esters is 4. The first-order valence-electron chi connectivity index (χ1n) is 41.0. The molecular weight excluding hydrogens is 1280 g/mol. The Hall–Kier alpha value is -1.94. The number of carbonyl (C=O) groups excluding carboxylic acids is 4. The Labute approximate surface area is 600 Å². The number of rotatable bonds is 78. The van der Waals surface area contributed by atoms with E-state index >= 15 is 0 Å². The van der Waals surface area contributed by atoms with E-state index in [9.17, 15) is 43.2 Å². The number of unbranched alkanes of at least 4 members (excludes halogenated alkanes) is 48. The average molecular weight is 1440 g/mol. The average Bonchev–Trinajstić information content (AvgIpc) is 1.25. The van der Waals surface area contributed by atoms with Crippen molar-refractivity contribution in [2.45, 2.75) is 432 Å². The zero-order valence-corrected chi connectivity index (χ0v) is 65.9. The molecule has 2 unspecified atom stereocenters. The largest absolute Gasteiger partial charge is 0.472 e. The smallest absolute Gasteiger partial charge is 0.462 e. The molecule has 0 aromatic carbocycles. The highest BCUT2D eigenvalue weighted by molar-refractivity contribution is 7.47. The van der Waals surface area contributed by atoms with Gasteiger partial charge in [0.15, 0.2) is 12.2 Å². The van der Waals surface area contributed by atoms with Gasteiger partial charge >= 0.3 is 39.5 Å². The molecule has 0 saturated carbocycles. The van der Waals surface area contributed by atoms with Gasteiger partial charge in [0.25, 0.3) is 0 Å². The lowest BCUT2D eigenvalue weighted by Crippen LogP contribution is -2.30. The topological polar surface area (TPSA) is 237 Å². The van der Waals surface area contributed by atoms with Gasteiger partial charge in [-0.3, -0.25) is 37.3 Å². The molecule has 0 amide bonds. The van der Waals surface area contributed by atoms with E-state index in [1.165, 1.54) is 231 Å². The molecule has 5 atom stereocenters. The third-order valence-corrected chi connectivity index (χ3v) is 20.4. The first kappa shape index (κ1) is 96.1. The van der Waals surface area contributed by atoms with E-state index in [1.54, 1.807) is 0 Å². The number of hydrogen-bond donors (Lipinski definition) is 3. The van der Waals surface area contributed by atoms with Gasteiger partial charge in [-0.25, -0.2) is 9.13 Å². The Kier molecular flexibility index (Phi) is 69.3. The normalized spacial score (nSPS) is 13.9. The number of phosphoric acid groups is 2. The molecule has 98 heavy (non-hydrogen) atoms. The molecule has 0 spiro atoms. The lowest BCUT2D eigenvalue weighted by atomic mass is 10.0. The number of aliphatic hydroxyl groups excluding tert-OH is 1. The predicted octanol–water partition coefficient (Wildman–Crippen LogP) is 23.5. The maximum absolute atomic E-state index is 13.1. The first-order valence-corrected chi connectivity index (χ1v) is 44.0. The second-order valence-corrected chi connectivity index (χ2v) is 32.3. The number of carbonyl (C=O) groups is 4. The van der Waals surface area contributed by atoms with Gasteiger partial charge in [0.1, 0.15) is 19.3 Å². The van der Waals surface area contributed by atoms with Crippen LogP contribution in [0.3, 0.4) is 0 Å². The van der Waals surface area contributed by atoms with Crippen LogP contribution in [0.25, 0.3) is 0 Å².